The van der Waals surface area contributed by atoms with Crippen LogP contribution in [0.25, 0.3) is 0 Å². The van der Waals surface area contributed by atoms with Crippen molar-refractivity contribution in [3.8, 4) is 5.75 Å². The Kier molecular flexibility index (Phi) is 6.86. The standard InChI is InChI=1S/C25H25NO4/c1-17-9-10-18(2)22(15-17)26-25(28)24(20-7-5-4-6-8-20)30-23(27)16-19-11-13-21(29-3)14-12-19/h4-15,24H,16H2,1-3H3,(H,26,28)/t24-/m1/s1. The van der Waals surface area contributed by atoms with Gasteiger partial charge in [0.15, 0.2) is 0 Å². The predicted octanol–water partition coefficient (Wildman–Crippen LogP) is 4.78. The van der Waals surface area contributed by atoms with Gasteiger partial charge >= 0.3 is 5.97 Å². The predicted molar refractivity (Wildman–Crippen MR) is 117 cm³/mol. The molecule has 0 heterocycles. The second-order valence-electron chi connectivity index (χ2n) is 7.11. The fraction of sp³-hybridized carbons (Fsp3) is 0.200. The Labute approximate surface area is 176 Å². The SMILES string of the molecule is COc1ccc(CC(=O)O[C@@H](C(=O)Nc2cc(C)ccc2C)c2ccccc2)cc1. The molecule has 0 fully saturated rings. The molecule has 3 aromatic carbocycles. The van der Waals surface area contributed by atoms with E-state index in [0.717, 1.165) is 16.7 Å². The van der Waals surface area contributed by atoms with E-state index in [4.69, 9.17) is 9.47 Å². The molecule has 0 aromatic heterocycles. The van der Waals surface area contributed by atoms with E-state index < -0.39 is 18.0 Å². The minimum Gasteiger partial charge on any atom is -0.497 e. The van der Waals surface area contributed by atoms with Gasteiger partial charge in [0, 0.05) is 11.3 Å². The second kappa shape index (κ2) is 9.74. The highest BCUT2D eigenvalue weighted by Crippen LogP contribution is 2.23. The Hall–Kier alpha value is -3.60. The summed E-state index contributed by atoms with van der Waals surface area (Å²) in [5.74, 6) is -0.162. The van der Waals surface area contributed by atoms with Crippen molar-refractivity contribution < 1.29 is 19.1 Å². The van der Waals surface area contributed by atoms with E-state index in [-0.39, 0.29) is 6.42 Å². The zero-order valence-corrected chi connectivity index (χ0v) is 17.3. The molecule has 0 aliphatic heterocycles. The van der Waals surface area contributed by atoms with Crippen LogP contribution in [-0.2, 0) is 20.7 Å². The Morgan fingerprint density at radius 3 is 2.30 bits per heavy atom. The molecule has 5 heteroatoms. The Morgan fingerprint density at radius 2 is 1.63 bits per heavy atom. The van der Waals surface area contributed by atoms with E-state index in [1.807, 2.05) is 50.2 Å². The summed E-state index contributed by atoms with van der Waals surface area (Å²) in [6.07, 6.45) is -0.985. The lowest BCUT2D eigenvalue weighted by molar-refractivity contribution is -0.154. The van der Waals surface area contributed by atoms with Crippen LogP contribution < -0.4 is 10.1 Å². The van der Waals surface area contributed by atoms with Crippen molar-refractivity contribution in [2.75, 3.05) is 12.4 Å². The van der Waals surface area contributed by atoms with E-state index in [0.29, 0.717) is 17.0 Å². The molecule has 1 amide bonds. The molecule has 0 aliphatic rings. The summed E-state index contributed by atoms with van der Waals surface area (Å²) < 4.78 is 10.8. The van der Waals surface area contributed by atoms with Crippen LogP contribution in [0.2, 0.25) is 0 Å². The van der Waals surface area contributed by atoms with Crippen LogP contribution in [0.5, 0.6) is 5.75 Å². The van der Waals surface area contributed by atoms with Crippen LogP contribution in [0.1, 0.15) is 28.4 Å². The molecule has 0 aliphatic carbocycles. The van der Waals surface area contributed by atoms with Gasteiger partial charge in [-0.05, 0) is 48.7 Å². The van der Waals surface area contributed by atoms with Gasteiger partial charge in [-0.25, -0.2) is 0 Å². The fourth-order valence-corrected chi connectivity index (χ4v) is 3.05. The fourth-order valence-electron chi connectivity index (χ4n) is 3.05. The van der Waals surface area contributed by atoms with Gasteiger partial charge in [0.05, 0.1) is 13.5 Å². The van der Waals surface area contributed by atoms with Gasteiger partial charge in [-0.2, -0.15) is 0 Å². The van der Waals surface area contributed by atoms with Crippen LogP contribution in [0, 0.1) is 13.8 Å². The number of carbonyl (C=O) groups excluding carboxylic acids is 2. The number of amides is 1. The molecule has 0 spiro atoms. The molecule has 1 atom stereocenters. The summed E-state index contributed by atoms with van der Waals surface area (Å²) in [7, 11) is 1.59. The van der Waals surface area contributed by atoms with Crippen molar-refractivity contribution in [1.29, 1.82) is 0 Å². The number of methoxy groups -OCH3 is 1. The molecule has 0 radical (unpaired) electrons. The number of carbonyl (C=O) groups is 2. The summed E-state index contributed by atoms with van der Waals surface area (Å²) in [5, 5.41) is 2.90. The number of hydrogen-bond donors (Lipinski definition) is 1. The van der Waals surface area contributed by atoms with Crippen LogP contribution in [-0.4, -0.2) is 19.0 Å². The minimum absolute atomic E-state index is 0.0596. The summed E-state index contributed by atoms with van der Waals surface area (Å²) in [5.41, 5.74) is 4.06. The van der Waals surface area contributed by atoms with Crippen LogP contribution in [0.3, 0.4) is 0 Å². The average molecular weight is 403 g/mol. The van der Waals surface area contributed by atoms with Gasteiger partial charge in [0.2, 0.25) is 6.10 Å². The van der Waals surface area contributed by atoms with E-state index in [2.05, 4.69) is 5.32 Å². The van der Waals surface area contributed by atoms with E-state index >= 15 is 0 Å². The van der Waals surface area contributed by atoms with Gasteiger partial charge in [-0.15, -0.1) is 0 Å². The number of anilines is 1. The molecule has 0 saturated heterocycles. The Balaban J connectivity index is 1.77. The number of benzene rings is 3. The number of ether oxygens (including phenoxy) is 2. The van der Waals surface area contributed by atoms with Crippen molar-refractivity contribution in [2.24, 2.45) is 0 Å². The van der Waals surface area contributed by atoms with Gasteiger partial charge in [0.1, 0.15) is 5.75 Å². The Bertz CT molecular complexity index is 1010. The van der Waals surface area contributed by atoms with Crippen molar-refractivity contribution in [2.45, 2.75) is 26.4 Å². The maximum absolute atomic E-state index is 13.0. The normalized spacial score (nSPS) is 11.4. The highest BCUT2D eigenvalue weighted by Gasteiger charge is 2.25. The molecule has 3 rings (SSSR count). The first kappa shape index (κ1) is 21.1. The summed E-state index contributed by atoms with van der Waals surface area (Å²) in [6.45, 7) is 3.88. The van der Waals surface area contributed by atoms with E-state index in [1.54, 1.807) is 43.5 Å². The highest BCUT2D eigenvalue weighted by molar-refractivity contribution is 5.96. The summed E-state index contributed by atoms with van der Waals surface area (Å²) in [4.78, 5) is 25.6. The first-order valence-electron chi connectivity index (χ1n) is 9.71. The number of nitrogens with one attached hydrogen (secondary N) is 1. The second-order valence-corrected chi connectivity index (χ2v) is 7.11. The topological polar surface area (TPSA) is 64.6 Å². The molecule has 3 aromatic rings. The molecule has 0 saturated carbocycles. The van der Waals surface area contributed by atoms with Crippen LogP contribution in [0.4, 0.5) is 5.69 Å². The van der Waals surface area contributed by atoms with Gasteiger partial charge in [0.25, 0.3) is 5.91 Å². The number of hydrogen-bond acceptors (Lipinski definition) is 4. The Morgan fingerprint density at radius 1 is 0.933 bits per heavy atom. The summed E-state index contributed by atoms with van der Waals surface area (Å²) >= 11 is 0. The van der Waals surface area contributed by atoms with Crippen molar-refractivity contribution >= 4 is 17.6 Å². The van der Waals surface area contributed by atoms with Gasteiger partial charge < -0.3 is 14.8 Å². The lowest BCUT2D eigenvalue weighted by Gasteiger charge is -2.19. The first-order chi connectivity index (χ1) is 14.5. The van der Waals surface area contributed by atoms with Crippen LogP contribution >= 0.6 is 0 Å². The molecule has 0 unspecified atom stereocenters. The molecular weight excluding hydrogens is 378 g/mol. The van der Waals surface area contributed by atoms with Crippen molar-refractivity contribution in [3.63, 3.8) is 0 Å². The third kappa shape index (κ3) is 5.47. The van der Waals surface area contributed by atoms with E-state index in [1.165, 1.54) is 0 Å². The van der Waals surface area contributed by atoms with Crippen molar-refractivity contribution in [3.05, 3.63) is 95.1 Å². The summed E-state index contributed by atoms with van der Waals surface area (Å²) in [6, 6.07) is 22.0. The monoisotopic (exact) mass is 403 g/mol. The molecule has 30 heavy (non-hydrogen) atoms. The molecule has 0 bridgehead atoms. The van der Waals surface area contributed by atoms with Gasteiger partial charge in [-0.3, -0.25) is 9.59 Å². The smallest absolute Gasteiger partial charge is 0.311 e. The zero-order chi connectivity index (χ0) is 21.5. The molecule has 154 valence electrons. The number of esters is 1. The number of rotatable bonds is 7. The highest BCUT2D eigenvalue weighted by atomic mass is 16.5. The molecular formula is C25H25NO4. The van der Waals surface area contributed by atoms with Gasteiger partial charge in [-0.1, -0.05) is 54.6 Å². The van der Waals surface area contributed by atoms with Crippen molar-refractivity contribution in [1.82, 2.24) is 0 Å². The minimum atomic E-state index is -1.04. The molecule has 1 N–H and O–H groups in total. The maximum Gasteiger partial charge on any atom is 0.311 e. The van der Waals surface area contributed by atoms with E-state index in [9.17, 15) is 9.59 Å². The van der Waals surface area contributed by atoms with Crippen LogP contribution in [0.15, 0.2) is 72.8 Å². The lowest BCUT2D eigenvalue weighted by atomic mass is 10.1. The largest absolute Gasteiger partial charge is 0.497 e. The average Bonchev–Trinajstić information content (AvgIpc) is 2.75. The maximum atomic E-state index is 13.0. The third-order valence-electron chi connectivity index (χ3n) is 4.75. The zero-order valence-electron chi connectivity index (χ0n) is 17.3. The first-order valence-corrected chi connectivity index (χ1v) is 9.71. The quantitative estimate of drug-likeness (QED) is 0.577. The molecule has 5 nitrogen and oxygen atoms in total. The number of aryl methyl sites for hydroxylation is 2. The lowest BCUT2D eigenvalue weighted by Crippen LogP contribution is -2.26. The third-order valence-corrected chi connectivity index (χ3v) is 4.75.